The molecule has 4 aromatic heterocycles. The number of hydrogen-bond donors (Lipinski definition) is 3. The van der Waals surface area contributed by atoms with E-state index in [9.17, 15) is 23.1 Å². The summed E-state index contributed by atoms with van der Waals surface area (Å²) in [7, 11) is 0. The number of imidazole rings is 1. The predicted octanol–water partition coefficient (Wildman–Crippen LogP) is 2.14. The molecule has 1 unspecified atom stereocenters. The van der Waals surface area contributed by atoms with Gasteiger partial charge in [-0.25, -0.2) is 19.9 Å². The van der Waals surface area contributed by atoms with E-state index in [0.717, 1.165) is 5.39 Å². The van der Waals surface area contributed by atoms with Gasteiger partial charge in [0, 0.05) is 29.8 Å². The van der Waals surface area contributed by atoms with Gasteiger partial charge in [0.2, 0.25) is 5.91 Å². The van der Waals surface area contributed by atoms with Gasteiger partial charge in [-0.15, -0.1) is 0 Å². The Kier molecular flexibility index (Phi) is 5.31. The molecular formula is C19H18F3N7O2. The van der Waals surface area contributed by atoms with Crippen LogP contribution in [0.15, 0.2) is 30.7 Å². The quantitative estimate of drug-likeness (QED) is 0.428. The minimum absolute atomic E-state index is 0.0968. The third-order valence-electron chi connectivity index (χ3n) is 4.76. The number of nitrogens with one attached hydrogen (secondary N) is 2. The predicted molar refractivity (Wildman–Crippen MR) is 105 cm³/mol. The first-order valence-corrected chi connectivity index (χ1v) is 9.40. The third kappa shape index (κ3) is 4.06. The van der Waals surface area contributed by atoms with Crippen molar-refractivity contribution in [1.29, 1.82) is 0 Å². The van der Waals surface area contributed by atoms with Gasteiger partial charge in [0.1, 0.15) is 29.6 Å². The van der Waals surface area contributed by atoms with E-state index in [0.29, 0.717) is 28.4 Å². The Labute approximate surface area is 173 Å². The molecule has 0 aliphatic carbocycles. The second-order valence-corrected chi connectivity index (χ2v) is 6.88. The molecule has 0 aliphatic rings. The van der Waals surface area contributed by atoms with Crippen molar-refractivity contribution in [3.8, 4) is 11.4 Å². The molecule has 31 heavy (non-hydrogen) atoms. The van der Waals surface area contributed by atoms with E-state index < -0.39 is 24.7 Å². The fourth-order valence-electron chi connectivity index (χ4n) is 3.34. The van der Waals surface area contributed by atoms with Gasteiger partial charge >= 0.3 is 6.18 Å². The van der Waals surface area contributed by atoms with Crippen LogP contribution in [-0.2, 0) is 11.2 Å². The van der Waals surface area contributed by atoms with E-state index in [1.807, 2.05) is 11.4 Å². The topological polar surface area (TPSA) is 122 Å². The van der Waals surface area contributed by atoms with Crippen LogP contribution >= 0.6 is 0 Å². The van der Waals surface area contributed by atoms with Gasteiger partial charge in [0.15, 0.2) is 11.5 Å². The first kappa shape index (κ1) is 20.7. The number of carbonyl (C=O) groups is 1. The molecule has 0 aromatic carbocycles. The molecule has 4 aromatic rings. The van der Waals surface area contributed by atoms with E-state index in [-0.39, 0.29) is 18.7 Å². The summed E-state index contributed by atoms with van der Waals surface area (Å²) in [5.41, 5.74) is 1.97. The second kappa shape index (κ2) is 7.95. The van der Waals surface area contributed by atoms with Crippen molar-refractivity contribution >= 4 is 28.1 Å². The lowest BCUT2D eigenvalue weighted by Gasteiger charge is -2.17. The summed E-state index contributed by atoms with van der Waals surface area (Å²) in [6, 6.07) is 2.58. The Hall–Kier alpha value is -3.54. The standard InChI is InChI=1S/C19H18F3N7O2/c1-10(18(31)26-9-19(20,21)22)29-14(4-6-30)27-13-8-25-16(28-17(13)29)12-7-24-15-11(12)3-2-5-23-15/h2-3,5,7-8,10,30H,4,6,9H2,1H3,(H,23,24)(H,26,31). The van der Waals surface area contributed by atoms with Gasteiger partial charge < -0.3 is 20.0 Å². The summed E-state index contributed by atoms with van der Waals surface area (Å²) in [5, 5.41) is 12.0. The van der Waals surface area contributed by atoms with Crippen molar-refractivity contribution in [2.45, 2.75) is 25.6 Å². The van der Waals surface area contributed by atoms with Gasteiger partial charge in [0.05, 0.1) is 12.8 Å². The highest BCUT2D eigenvalue weighted by Gasteiger charge is 2.30. The minimum Gasteiger partial charge on any atom is -0.396 e. The number of aromatic amines is 1. The van der Waals surface area contributed by atoms with E-state index in [1.165, 1.54) is 17.7 Å². The maximum absolute atomic E-state index is 12.5. The van der Waals surface area contributed by atoms with Crippen molar-refractivity contribution in [1.82, 2.24) is 34.8 Å². The molecule has 0 saturated heterocycles. The Morgan fingerprint density at radius 2 is 2.13 bits per heavy atom. The van der Waals surface area contributed by atoms with Gasteiger partial charge in [-0.3, -0.25) is 4.79 Å². The summed E-state index contributed by atoms with van der Waals surface area (Å²) in [6.07, 6.45) is 0.390. The molecule has 9 nitrogen and oxygen atoms in total. The highest BCUT2D eigenvalue weighted by atomic mass is 19.4. The molecule has 162 valence electrons. The van der Waals surface area contributed by atoms with Crippen LogP contribution in [-0.4, -0.2) is 59.8 Å². The van der Waals surface area contributed by atoms with Crippen LogP contribution < -0.4 is 5.32 Å². The Balaban J connectivity index is 1.78. The van der Waals surface area contributed by atoms with Gasteiger partial charge in [0.25, 0.3) is 0 Å². The minimum atomic E-state index is -4.53. The van der Waals surface area contributed by atoms with Crippen LogP contribution in [0.4, 0.5) is 13.2 Å². The molecule has 0 radical (unpaired) electrons. The Bertz CT molecular complexity index is 1250. The number of aromatic nitrogens is 6. The number of hydrogen-bond acceptors (Lipinski definition) is 6. The number of amides is 1. The van der Waals surface area contributed by atoms with Crippen molar-refractivity contribution < 1.29 is 23.1 Å². The summed E-state index contributed by atoms with van der Waals surface area (Å²) in [5.74, 6) is -0.183. The highest BCUT2D eigenvalue weighted by Crippen LogP contribution is 2.27. The fourth-order valence-corrected chi connectivity index (χ4v) is 3.34. The molecule has 12 heteroatoms. The van der Waals surface area contributed by atoms with Gasteiger partial charge in [-0.05, 0) is 19.1 Å². The van der Waals surface area contributed by atoms with Crippen LogP contribution in [0.5, 0.6) is 0 Å². The first-order chi connectivity index (χ1) is 14.8. The molecular weight excluding hydrogens is 415 g/mol. The molecule has 0 bridgehead atoms. The van der Waals surface area contributed by atoms with Crippen LogP contribution in [0.1, 0.15) is 18.8 Å². The lowest BCUT2D eigenvalue weighted by molar-refractivity contribution is -0.140. The number of pyridine rings is 1. The van der Waals surface area contributed by atoms with Crippen molar-refractivity contribution in [3.05, 3.63) is 36.5 Å². The normalized spacial score (nSPS) is 13.1. The summed E-state index contributed by atoms with van der Waals surface area (Å²) < 4.78 is 39.0. The number of H-pyrrole nitrogens is 1. The van der Waals surface area contributed by atoms with Crippen molar-refractivity contribution in [3.63, 3.8) is 0 Å². The number of fused-ring (bicyclic) bond motifs is 2. The maximum Gasteiger partial charge on any atom is 0.405 e. The average Bonchev–Trinajstić information content (AvgIpc) is 3.32. The molecule has 1 amide bonds. The SMILES string of the molecule is CC(C(=O)NCC(F)(F)F)n1c(CCO)nc2cnc(-c3c[nH]c4ncccc34)nc21. The number of alkyl halides is 3. The van der Waals surface area contributed by atoms with Crippen molar-refractivity contribution in [2.24, 2.45) is 0 Å². The fraction of sp³-hybridized carbons (Fsp3) is 0.316. The van der Waals surface area contributed by atoms with E-state index in [4.69, 9.17) is 0 Å². The van der Waals surface area contributed by atoms with Gasteiger partial charge in [-0.1, -0.05) is 0 Å². The first-order valence-electron chi connectivity index (χ1n) is 9.40. The van der Waals surface area contributed by atoms with E-state index >= 15 is 0 Å². The molecule has 1 atom stereocenters. The van der Waals surface area contributed by atoms with Crippen LogP contribution in [0, 0.1) is 0 Å². The molecule has 4 heterocycles. The second-order valence-electron chi connectivity index (χ2n) is 6.88. The number of nitrogens with zero attached hydrogens (tertiary/aromatic N) is 5. The third-order valence-corrected chi connectivity index (χ3v) is 4.76. The highest BCUT2D eigenvalue weighted by molar-refractivity contribution is 5.92. The van der Waals surface area contributed by atoms with Crippen LogP contribution in [0.3, 0.4) is 0 Å². The number of halogens is 3. The lowest BCUT2D eigenvalue weighted by Crippen LogP contribution is -2.38. The number of aliphatic hydroxyl groups excluding tert-OH is 1. The van der Waals surface area contributed by atoms with Gasteiger partial charge in [-0.2, -0.15) is 13.2 Å². The lowest BCUT2D eigenvalue weighted by atomic mass is 10.2. The van der Waals surface area contributed by atoms with Crippen LogP contribution in [0.2, 0.25) is 0 Å². The number of aliphatic hydroxyl groups is 1. The number of rotatable bonds is 6. The zero-order valence-corrected chi connectivity index (χ0v) is 16.3. The Morgan fingerprint density at radius 3 is 2.87 bits per heavy atom. The molecule has 0 saturated carbocycles. The monoisotopic (exact) mass is 433 g/mol. The van der Waals surface area contributed by atoms with Crippen LogP contribution in [0.25, 0.3) is 33.6 Å². The molecule has 0 aliphatic heterocycles. The van der Waals surface area contributed by atoms with Crippen molar-refractivity contribution in [2.75, 3.05) is 13.2 Å². The van der Waals surface area contributed by atoms with E-state index in [1.54, 1.807) is 18.5 Å². The van der Waals surface area contributed by atoms with E-state index in [2.05, 4.69) is 24.9 Å². The zero-order chi connectivity index (χ0) is 22.2. The Morgan fingerprint density at radius 1 is 1.32 bits per heavy atom. The molecule has 3 N–H and O–H groups in total. The molecule has 0 fully saturated rings. The largest absolute Gasteiger partial charge is 0.405 e. The summed E-state index contributed by atoms with van der Waals surface area (Å²) in [4.78, 5) is 32.9. The summed E-state index contributed by atoms with van der Waals surface area (Å²) in [6.45, 7) is -0.250. The smallest absolute Gasteiger partial charge is 0.396 e. The molecule has 0 spiro atoms. The molecule has 4 rings (SSSR count). The average molecular weight is 433 g/mol. The maximum atomic E-state index is 12.5. The number of carbonyl (C=O) groups excluding carboxylic acids is 1. The zero-order valence-electron chi connectivity index (χ0n) is 16.3. The summed E-state index contributed by atoms with van der Waals surface area (Å²) >= 11 is 0.